The molecule has 0 saturated carbocycles. The summed E-state index contributed by atoms with van der Waals surface area (Å²) in [6, 6.07) is 6.34. The van der Waals surface area contributed by atoms with Crippen LogP contribution in [-0.4, -0.2) is 18.1 Å². The number of rotatable bonds is 0. The Labute approximate surface area is 82.2 Å². The summed E-state index contributed by atoms with van der Waals surface area (Å²) in [5.74, 6) is 0. The minimum Gasteiger partial charge on any atom is -0.382 e. The van der Waals surface area contributed by atoms with Gasteiger partial charge in [-0.15, -0.1) is 0 Å². The van der Waals surface area contributed by atoms with Crippen molar-refractivity contribution < 1.29 is 0 Å². The summed E-state index contributed by atoms with van der Waals surface area (Å²) in [6.07, 6.45) is 3.72. The summed E-state index contributed by atoms with van der Waals surface area (Å²) in [5.41, 5.74) is 2.37. The zero-order valence-electron chi connectivity index (χ0n) is 7.75. The van der Waals surface area contributed by atoms with Crippen molar-refractivity contribution in [3.8, 4) is 0 Å². The average molecular weight is 185 g/mol. The van der Waals surface area contributed by atoms with Crippen LogP contribution in [0.3, 0.4) is 0 Å². The molecule has 1 aliphatic heterocycles. The van der Waals surface area contributed by atoms with Crippen LogP contribution >= 0.6 is 0 Å². The first kappa shape index (κ1) is 7.62. The molecule has 0 spiro atoms. The quantitative estimate of drug-likeness (QED) is 0.659. The monoisotopic (exact) mass is 185 g/mol. The van der Waals surface area contributed by atoms with E-state index in [0.717, 1.165) is 13.1 Å². The first-order valence-corrected chi connectivity index (χ1v) is 4.79. The number of anilines is 2. The fourth-order valence-electron chi connectivity index (χ4n) is 1.82. The highest BCUT2D eigenvalue weighted by molar-refractivity contribution is 5.92. The Kier molecular flexibility index (Phi) is 1.56. The average Bonchev–Trinajstić information content (AvgIpc) is 2.26. The van der Waals surface area contributed by atoms with Gasteiger partial charge in [0.25, 0.3) is 0 Å². The van der Waals surface area contributed by atoms with Crippen molar-refractivity contribution in [1.29, 1.82) is 0 Å². The predicted octanol–water partition coefficient (Wildman–Crippen LogP) is 2.07. The van der Waals surface area contributed by atoms with Gasteiger partial charge in [0.2, 0.25) is 0 Å². The van der Waals surface area contributed by atoms with Crippen LogP contribution in [0.5, 0.6) is 0 Å². The van der Waals surface area contributed by atoms with Gasteiger partial charge < -0.3 is 10.6 Å². The standard InChI is InChI=1S/C11H11N3/c1-2-12-7-9-6-11-10(5-8(1)9)13-3-4-14-11/h1-2,5-7,13-14H,3-4H2. The van der Waals surface area contributed by atoms with Crippen LogP contribution in [0.15, 0.2) is 30.6 Å². The molecule has 0 atom stereocenters. The number of nitrogens with one attached hydrogen (secondary N) is 2. The molecule has 3 nitrogen and oxygen atoms in total. The van der Waals surface area contributed by atoms with Gasteiger partial charge >= 0.3 is 0 Å². The third-order valence-electron chi connectivity index (χ3n) is 2.53. The van der Waals surface area contributed by atoms with Crippen molar-refractivity contribution in [3.63, 3.8) is 0 Å². The fraction of sp³-hybridized carbons (Fsp3) is 0.182. The molecule has 1 aromatic carbocycles. The smallest absolute Gasteiger partial charge is 0.0583 e. The second kappa shape index (κ2) is 2.87. The van der Waals surface area contributed by atoms with E-state index in [-0.39, 0.29) is 0 Å². The van der Waals surface area contributed by atoms with Crippen molar-refractivity contribution in [3.05, 3.63) is 30.6 Å². The van der Waals surface area contributed by atoms with Gasteiger partial charge in [0, 0.05) is 30.9 Å². The molecule has 0 fully saturated rings. The summed E-state index contributed by atoms with van der Waals surface area (Å²) in [7, 11) is 0. The highest BCUT2D eigenvalue weighted by atomic mass is 15.0. The summed E-state index contributed by atoms with van der Waals surface area (Å²) in [5, 5.41) is 9.15. The molecule has 2 heterocycles. The molecule has 0 radical (unpaired) electrons. The van der Waals surface area contributed by atoms with Crippen LogP contribution < -0.4 is 10.6 Å². The maximum absolute atomic E-state index is 4.11. The van der Waals surface area contributed by atoms with Crippen LogP contribution in [0.1, 0.15) is 0 Å². The summed E-state index contributed by atoms with van der Waals surface area (Å²) >= 11 is 0. The maximum Gasteiger partial charge on any atom is 0.0583 e. The molecule has 0 amide bonds. The SMILES string of the molecule is c1cc2cc3c(cc2cn1)NCCN3. The number of pyridine rings is 1. The largest absolute Gasteiger partial charge is 0.382 e. The molecular weight excluding hydrogens is 174 g/mol. The second-order valence-corrected chi connectivity index (χ2v) is 3.47. The minimum absolute atomic E-state index is 0.985. The Morgan fingerprint density at radius 1 is 1.00 bits per heavy atom. The van der Waals surface area contributed by atoms with Crippen LogP contribution in [-0.2, 0) is 0 Å². The lowest BCUT2D eigenvalue weighted by atomic mass is 10.1. The maximum atomic E-state index is 4.11. The highest BCUT2D eigenvalue weighted by Gasteiger charge is 2.07. The van der Waals surface area contributed by atoms with Crippen LogP contribution in [0, 0.1) is 0 Å². The topological polar surface area (TPSA) is 37.0 Å². The number of nitrogens with zero attached hydrogens (tertiary/aromatic N) is 1. The zero-order chi connectivity index (χ0) is 9.38. The number of aromatic nitrogens is 1. The van der Waals surface area contributed by atoms with Crippen molar-refractivity contribution in [2.45, 2.75) is 0 Å². The lowest BCUT2D eigenvalue weighted by molar-refractivity contribution is 1.05. The highest BCUT2D eigenvalue weighted by Crippen LogP contribution is 2.29. The van der Waals surface area contributed by atoms with Gasteiger partial charge in [0.15, 0.2) is 0 Å². The molecule has 1 aromatic heterocycles. The van der Waals surface area contributed by atoms with Crippen molar-refractivity contribution in [1.82, 2.24) is 4.98 Å². The first-order chi connectivity index (χ1) is 6.93. The Morgan fingerprint density at radius 2 is 1.71 bits per heavy atom. The van der Waals surface area contributed by atoms with Gasteiger partial charge in [-0.2, -0.15) is 0 Å². The fourth-order valence-corrected chi connectivity index (χ4v) is 1.82. The molecule has 3 heteroatoms. The van der Waals surface area contributed by atoms with Gasteiger partial charge in [0.05, 0.1) is 11.4 Å². The van der Waals surface area contributed by atoms with E-state index in [2.05, 4.69) is 27.8 Å². The molecule has 0 saturated heterocycles. The molecule has 1 aliphatic rings. The van der Waals surface area contributed by atoms with Gasteiger partial charge in [-0.3, -0.25) is 4.98 Å². The predicted molar refractivity (Wildman–Crippen MR) is 58.7 cm³/mol. The van der Waals surface area contributed by atoms with Crippen molar-refractivity contribution in [2.75, 3.05) is 23.7 Å². The first-order valence-electron chi connectivity index (χ1n) is 4.79. The molecule has 0 aliphatic carbocycles. The molecular formula is C11H11N3. The lowest BCUT2D eigenvalue weighted by Gasteiger charge is -2.20. The summed E-state index contributed by atoms with van der Waals surface area (Å²) < 4.78 is 0. The van der Waals surface area contributed by atoms with E-state index in [1.165, 1.54) is 22.1 Å². The van der Waals surface area contributed by atoms with E-state index >= 15 is 0 Å². The van der Waals surface area contributed by atoms with Crippen LogP contribution in [0.25, 0.3) is 10.8 Å². The molecule has 0 unspecified atom stereocenters. The number of hydrogen-bond acceptors (Lipinski definition) is 3. The second-order valence-electron chi connectivity index (χ2n) is 3.47. The number of fused-ring (bicyclic) bond motifs is 2. The third-order valence-corrected chi connectivity index (χ3v) is 2.53. The molecule has 3 rings (SSSR count). The van der Waals surface area contributed by atoms with Crippen molar-refractivity contribution in [2.24, 2.45) is 0 Å². The minimum atomic E-state index is 0.985. The summed E-state index contributed by atoms with van der Waals surface area (Å²) in [4.78, 5) is 4.11. The number of benzene rings is 1. The molecule has 70 valence electrons. The Bertz CT molecular complexity index is 434. The van der Waals surface area contributed by atoms with E-state index < -0.39 is 0 Å². The van der Waals surface area contributed by atoms with Crippen LogP contribution in [0.4, 0.5) is 11.4 Å². The lowest BCUT2D eigenvalue weighted by Crippen LogP contribution is -2.20. The molecule has 14 heavy (non-hydrogen) atoms. The van der Waals surface area contributed by atoms with E-state index in [1.54, 1.807) is 0 Å². The zero-order valence-corrected chi connectivity index (χ0v) is 7.75. The van der Waals surface area contributed by atoms with E-state index in [9.17, 15) is 0 Å². The van der Waals surface area contributed by atoms with E-state index in [4.69, 9.17) is 0 Å². The molecule has 2 aromatic rings. The third kappa shape index (κ3) is 1.09. The molecule has 2 N–H and O–H groups in total. The van der Waals surface area contributed by atoms with Crippen LogP contribution in [0.2, 0.25) is 0 Å². The van der Waals surface area contributed by atoms with Gasteiger partial charge in [-0.1, -0.05) is 0 Å². The summed E-state index contributed by atoms with van der Waals surface area (Å²) in [6.45, 7) is 1.97. The molecule has 0 bridgehead atoms. The van der Waals surface area contributed by atoms with Crippen molar-refractivity contribution >= 4 is 22.1 Å². The Morgan fingerprint density at radius 3 is 2.50 bits per heavy atom. The van der Waals surface area contributed by atoms with E-state index in [1.807, 2.05) is 18.5 Å². The Balaban J connectivity index is 2.27. The number of hydrogen-bond donors (Lipinski definition) is 2. The normalized spacial score (nSPS) is 14.3. The van der Waals surface area contributed by atoms with E-state index in [0.29, 0.717) is 0 Å². The van der Waals surface area contributed by atoms with Gasteiger partial charge in [-0.25, -0.2) is 0 Å². The van der Waals surface area contributed by atoms with Gasteiger partial charge in [0.1, 0.15) is 0 Å². The Hall–Kier alpha value is -1.77. The van der Waals surface area contributed by atoms with Gasteiger partial charge in [-0.05, 0) is 23.6 Å².